The van der Waals surface area contributed by atoms with Gasteiger partial charge in [0, 0.05) is 30.0 Å². The van der Waals surface area contributed by atoms with Crippen molar-refractivity contribution in [2.45, 2.75) is 13.8 Å². The lowest BCUT2D eigenvalue weighted by molar-refractivity contribution is 0.860. The van der Waals surface area contributed by atoms with Crippen LogP contribution in [0.3, 0.4) is 0 Å². The standard InChI is InChI=1S/C10H15ClN2S/c1-3-13(4-2)10-12-8-9(14-10)6-5-7-11/h5-6,8H,3-4,7H2,1-2H3. The molecule has 0 fully saturated rings. The fourth-order valence-electron chi connectivity index (χ4n) is 1.16. The lowest BCUT2D eigenvalue weighted by atomic mass is 10.5. The SMILES string of the molecule is CCN(CC)c1ncc(C=CCCl)s1. The Hall–Kier alpha value is -0.540. The highest BCUT2D eigenvalue weighted by atomic mass is 35.5. The molecule has 0 atom stereocenters. The maximum Gasteiger partial charge on any atom is 0.185 e. The summed E-state index contributed by atoms with van der Waals surface area (Å²) in [5.41, 5.74) is 0. The Morgan fingerprint density at radius 3 is 2.79 bits per heavy atom. The first kappa shape index (κ1) is 11.5. The van der Waals surface area contributed by atoms with E-state index in [1.165, 1.54) is 0 Å². The summed E-state index contributed by atoms with van der Waals surface area (Å²) in [6, 6.07) is 0. The first-order chi connectivity index (χ1) is 6.81. The lowest BCUT2D eigenvalue weighted by Gasteiger charge is -2.16. The van der Waals surface area contributed by atoms with Crippen LogP contribution in [0.5, 0.6) is 0 Å². The van der Waals surface area contributed by atoms with Crippen molar-refractivity contribution in [3.8, 4) is 0 Å². The molecule has 1 heterocycles. The minimum atomic E-state index is 0.554. The van der Waals surface area contributed by atoms with E-state index in [0.717, 1.165) is 23.1 Å². The smallest absolute Gasteiger partial charge is 0.185 e. The molecule has 0 saturated heterocycles. The Balaban J connectivity index is 2.71. The van der Waals surface area contributed by atoms with Crippen molar-refractivity contribution in [2.24, 2.45) is 0 Å². The molecule has 0 unspecified atom stereocenters. The predicted octanol–water partition coefficient (Wildman–Crippen LogP) is 3.24. The van der Waals surface area contributed by atoms with Gasteiger partial charge in [0.1, 0.15) is 0 Å². The molecule has 0 spiro atoms. The number of nitrogens with zero attached hydrogens (tertiary/aromatic N) is 2. The van der Waals surface area contributed by atoms with E-state index in [9.17, 15) is 0 Å². The van der Waals surface area contributed by atoms with Crippen LogP contribution < -0.4 is 4.90 Å². The number of rotatable bonds is 5. The Kier molecular flexibility index (Phi) is 4.98. The summed E-state index contributed by atoms with van der Waals surface area (Å²) < 4.78 is 0. The molecule has 14 heavy (non-hydrogen) atoms. The van der Waals surface area contributed by atoms with Gasteiger partial charge in [-0.3, -0.25) is 0 Å². The molecule has 0 aromatic carbocycles. The van der Waals surface area contributed by atoms with E-state index in [4.69, 9.17) is 11.6 Å². The van der Waals surface area contributed by atoms with Crippen LogP contribution >= 0.6 is 22.9 Å². The summed E-state index contributed by atoms with van der Waals surface area (Å²) in [5, 5.41) is 1.09. The van der Waals surface area contributed by atoms with Gasteiger partial charge < -0.3 is 4.90 Å². The number of allylic oxidation sites excluding steroid dienone is 1. The van der Waals surface area contributed by atoms with Gasteiger partial charge in [0.05, 0.1) is 0 Å². The number of hydrogen-bond acceptors (Lipinski definition) is 3. The zero-order valence-corrected chi connectivity index (χ0v) is 10.1. The Morgan fingerprint density at radius 2 is 2.21 bits per heavy atom. The summed E-state index contributed by atoms with van der Waals surface area (Å²) in [4.78, 5) is 7.76. The minimum absolute atomic E-state index is 0.554. The van der Waals surface area contributed by atoms with E-state index in [-0.39, 0.29) is 0 Å². The van der Waals surface area contributed by atoms with Crippen LogP contribution in [-0.2, 0) is 0 Å². The molecule has 0 amide bonds. The molecule has 0 aliphatic carbocycles. The average molecular weight is 231 g/mol. The molecule has 78 valence electrons. The summed E-state index contributed by atoms with van der Waals surface area (Å²) in [6.07, 6.45) is 5.83. The molecule has 0 aliphatic heterocycles. The highest BCUT2D eigenvalue weighted by Gasteiger charge is 2.05. The third-order valence-corrected chi connectivity index (χ3v) is 3.12. The van der Waals surface area contributed by atoms with Gasteiger partial charge in [0.15, 0.2) is 5.13 Å². The average Bonchev–Trinajstić information content (AvgIpc) is 2.65. The maximum atomic E-state index is 5.56. The van der Waals surface area contributed by atoms with Crippen LogP contribution in [0.15, 0.2) is 12.3 Å². The van der Waals surface area contributed by atoms with Gasteiger partial charge in [-0.2, -0.15) is 0 Å². The van der Waals surface area contributed by atoms with Gasteiger partial charge in [-0.15, -0.1) is 11.6 Å². The van der Waals surface area contributed by atoms with Crippen LogP contribution in [0.25, 0.3) is 6.08 Å². The molecule has 4 heteroatoms. The normalized spacial score (nSPS) is 11.1. The fourth-order valence-corrected chi connectivity index (χ4v) is 2.22. The number of thiazole rings is 1. The van der Waals surface area contributed by atoms with Crippen LogP contribution in [-0.4, -0.2) is 24.0 Å². The van der Waals surface area contributed by atoms with Gasteiger partial charge in [0.2, 0.25) is 0 Å². The highest BCUT2D eigenvalue weighted by Crippen LogP contribution is 2.23. The molecule has 1 rings (SSSR count). The zero-order valence-electron chi connectivity index (χ0n) is 8.53. The van der Waals surface area contributed by atoms with Gasteiger partial charge in [-0.05, 0) is 19.9 Å². The number of hydrogen-bond donors (Lipinski definition) is 0. The van der Waals surface area contributed by atoms with Gasteiger partial charge >= 0.3 is 0 Å². The number of anilines is 1. The Bertz CT molecular complexity index is 292. The van der Waals surface area contributed by atoms with E-state index in [1.54, 1.807) is 11.3 Å². The highest BCUT2D eigenvalue weighted by molar-refractivity contribution is 7.16. The summed E-state index contributed by atoms with van der Waals surface area (Å²) in [6.45, 7) is 6.28. The van der Waals surface area contributed by atoms with Crippen molar-refractivity contribution in [1.29, 1.82) is 0 Å². The molecule has 0 saturated carbocycles. The zero-order chi connectivity index (χ0) is 10.4. The van der Waals surface area contributed by atoms with Crippen molar-refractivity contribution in [3.05, 3.63) is 17.2 Å². The fraction of sp³-hybridized carbons (Fsp3) is 0.500. The molecule has 1 aromatic rings. The van der Waals surface area contributed by atoms with Crippen LogP contribution in [0, 0.1) is 0 Å². The molecular weight excluding hydrogens is 216 g/mol. The molecule has 2 nitrogen and oxygen atoms in total. The monoisotopic (exact) mass is 230 g/mol. The van der Waals surface area contributed by atoms with Gasteiger partial charge in [-0.1, -0.05) is 17.4 Å². The van der Waals surface area contributed by atoms with Crippen molar-refractivity contribution in [1.82, 2.24) is 4.98 Å². The predicted molar refractivity (Wildman–Crippen MR) is 65.4 cm³/mol. The quantitative estimate of drug-likeness (QED) is 0.722. The van der Waals surface area contributed by atoms with Gasteiger partial charge in [-0.25, -0.2) is 4.98 Å². The summed E-state index contributed by atoms with van der Waals surface area (Å²) in [7, 11) is 0. The molecule has 0 aliphatic rings. The Morgan fingerprint density at radius 1 is 1.50 bits per heavy atom. The molecule has 0 N–H and O–H groups in total. The van der Waals surface area contributed by atoms with E-state index < -0.39 is 0 Å². The van der Waals surface area contributed by atoms with E-state index in [2.05, 4.69) is 23.7 Å². The molecule has 0 radical (unpaired) electrons. The second kappa shape index (κ2) is 6.04. The minimum Gasteiger partial charge on any atom is -0.349 e. The third-order valence-electron chi connectivity index (χ3n) is 1.92. The van der Waals surface area contributed by atoms with E-state index in [1.807, 2.05) is 18.3 Å². The second-order valence-corrected chi connectivity index (χ2v) is 4.12. The van der Waals surface area contributed by atoms with Crippen molar-refractivity contribution in [2.75, 3.05) is 23.9 Å². The Labute approximate surface area is 94.2 Å². The maximum absolute atomic E-state index is 5.56. The lowest BCUT2D eigenvalue weighted by Crippen LogP contribution is -2.21. The first-order valence-electron chi connectivity index (χ1n) is 4.75. The van der Waals surface area contributed by atoms with Gasteiger partial charge in [0.25, 0.3) is 0 Å². The molecule has 0 bridgehead atoms. The largest absolute Gasteiger partial charge is 0.349 e. The number of aromatic nitrogens is 1. The van der Waals surface area contributed by atoms with Crippen LogP contribution in [0.1, 0.15) is 18.7 Å². The molecule has 1 aromatic heterocycles. The number of alkyl halides is 1. The topological polar surface area (TPSA) is 16.1 Å². The van der Waals surface area contributed by atoms with Crippen LogP contribution in [0.4, 0.5) is 5.13 Å². The van der Waals surface area contributed by atoms with Crippen molar-refractivity contribution < 1.29 is 0 Å². The first-order valence-corrected chi connectivity index (χ1v) is 6.10. The molecular formula is C10H15ClN2S. The number of halogens is 1. The third kappa shape index (κ3) is 3.00. The second-order valence-electron chi connectivity index (χ2n) is 2.77. The van der Waals surface area contributed by atoms with E-state index in [0.29, 0.717) is 5.88 Å². The summed E-state index contributed by atoms with van der Waals surface area (Å²) >= 11 is 7.26. The van der Waals surface area contributed by atoms with Crippen molar-refractivity contribution >= 4 is 34.1 Å². The van der Waals surface area contributed by atoms with Crippen molar-refractivity contribution in [3.63, 3.8) is 0 Å². The van der Waals surface area contributed by atoms with E-state index >= 15 is 0 Å². The summed E-state index contributed by atoms with van der Waals surface area (Å²) in [5.74, 6) is 0.554. The van der Waals surface area contributed by atoms with Crippen LogP contribution in [0.2, 0.25) is 0 Å².